The molecule has 2 N–H and O–H groups in total. The Balaban J connectivity index is 1.69. The van der Waals surface area contributed by atoms with Gasteiger partial charge in [0.1, 0.15) is 0 Å². The van der Waals surface area contributed by atoms with Crippen molar-refractivity contribution in [2.45, 2.75) is 13.5 Å². The van der Waals surface area contributed by atoms with Crippen LogP contribution in [0.25, 0.3) is 10.6 Å². The molecule has 5 nitrogen and oxygen atoms in total. The first-order valence-electron chi connectivity index (χ1n) is 7.38. The van der Waals surface area contributed by atoms with Crippen molar-refractivity contribution in [3.05, 3.63) is 57.2 Å². The number of thiazole rings is 1. The van der Waals surface area contributed by atoms with Gasteiger partial charge in [0, 0.05) is 17.2 Å². The molecular formula is C17H14ClN3O2S2. The van der Waals surface area contributed by atoms with E-state index in [0.717, 1.165) is 15.4 Å². The van der Waals surface area contributed by atoms with Crippen molar-refractivity contribution in [3.63, 3.8) is 0 Å². The molecule has 1 aromatic carbocycles. The standard InChI is InChI=1S/C17H14ClN3O2S2/c1-10(22)19-8-11-6-7-15(25-11)14-9-24-17(20-14)21-16(23)12-4-2-3-5-13(12)18/h2-7,9H,8H2,1H3,(H,19,22)(H,20,21,23). The lowest BCUT2D eigenvalue weighted by atomic mass is 10.2. The third kappa shape index (κ3) is 4.45. The Hall–Kier alpha value is -2.22. The third-order valence-corrected chi connectivity index (χ3v) is 5.46. The van der Waals surface area contributed by atoms with Crippen molar-refractivity contribution in [2.24, 2.45) is 0 Å². The number of thiophene rings is 1. The molecule has 0 unspecified atom stereocenters. The fraction of sp³-hybridized carbons (Fsp3) is 0.118. The molecule has 0 bridgehead atoms. The van der Waals surface area contributed by atoms with Crippen LogP contribution in [0, 0.1) is 0 Å². The molecule has 0 aliphatic carbocycles. The van der Waals surface area contributed by atoms with E-state index in [4.69, 9.17) is 11.6 Å². The number of benzene rings is 1. The Morgan fingerprint density at radius 3 is 2.76 bits per heavy atom. The van der Waals surface area contributed by atoms with Gasteiger partial charge in [-0.3, -0.25) is 14.9 Å². The lowest BCUT2D eigenvalue weighted by Gasteiger charge is -2.03. The van der Waals surface area contributed by atoms with Crippen LogP contribution < -0.4 is 10.6 Å². The molecule has 0 atom stereocenters. The Kier molecular flexibility index (Phi) is 5.47. The zero-order valence-electron chi connectivity index (χ0n) is 13.2. The summed E-state index contributed by atoms with van der Waals surface area (Å²) in [6.07, 6.45) is 0. The quantitative estimate of drug-likeness (QED) is 0.676. The van der Waals surface area contributed by atoms with Crippen molar-refractivity contribution in [3.8, 4) is 10.6 Å². The molecule has 0 aliphatic heterocycles. The van der Waals surface area contributed by atoms with Gasteiger partial charge >= 0.3 is 0 Å². The average Bonchev–Trinajstić information content (AvgIpc) is 3.22. The van der Waals surface area contributed by atoms with Gasteiger partial charge in [-0.25, -0.2) is 4.98 Å². The summed E-state index contributed by atoms with van der Waals surface area (Å²) in [6, 6.07) is 10.8. The highest BCUT2D eigenvalue weighted by Crippen LogP contribution is 2.31. The normalized spacial score (nSPS) is 10.5. The second kappa shape index (κ2) is 7.77. The molecule has 2 heterocycles. The molecule has 8 heteroatoms. The molecule has 0 saturated heterocycles. The first-order valence-corrected chi connectivity index (χ1v) is 9.45. The molecule has 2 amide bonds. The molecular weight excluding hydrogens is 378 g/mol. The Morgan fingerprint density at radius 1 is 1.20 bits per heavy atom. The SMILES string of the molecule is CC(=O)NCc1ccc(-c2csc(NC(=O)c3ccccc3Cl)n2)s1. The van der Waals surface area contributed by atoms with E-state index < -0.39 is 0 Å². The second-order valence-corrected chi connectivity index (χ2v) is 7.58. The molecule has 0 fully saturated rings. The summed E-state index contributed by atoms with van der Waals surface area (Å²) in [6.45, 7) is 1.99. The van der Waals surface area contributed by atoms with Crippen molar-refractivity contribution >= 4 is 51.2 Å². The topological polar surface area (TPSA) is 71.1 Å². The smallest absolute Gasteiger partial charge is 0.258 e. The van der Waals surface area contributed by atoms with Crippen molar-refractivity contribution in [1.82, 2.24) is 10.3 Å². The first kappa shape index (κ1) is 17.6. The molecule has 25 heavy (non-hydrogen) atoms. The average molecular weight is 392 g/mol. The Bertz CT molecular complexity index is 920. The summed E-state index contributed by atoms with van der Waals surface area (Å²) in [7, 11) is 0. The van der Waals surface area contributed by atoms with Gasteiger partial charge in [0.25, 0.3) is 5.91 Å². The second-order valence-electron chi connectivity index (χ2n) is 5.15. The summed E-state index contributed by atoms with van der Waals surface area (Å²) >= 11 is 8.94. The number of anilines is 1. The van der Waals surface area contributed by atoms with Crippen LogP contribution in [-0.2, 0) is 11.3 Å². The fourth-order valence-corrected chi connectivity index (χ4v) is 3.99. The number of carbonyl (C=O) groups is 2. The maximum atomic E-state index is 12.3. The highest BCUT2D eigenvalue weighted by Gasteiger charge is 2.13. The number of rotatable bonds is 5. The van der Waals surface area contributed by atoms with E-state index in [1.807, 2.05) is 17.5 Å². The van der Waals surface area contributed by atoms with Crippen LogP contribution in [0.15, 0.2) is 41.8 Å². The molecule has 3 aromatic rings. The van der Waals surface area contributed by atoms with E-state index >= 15 is 0 Å². The van der Waals surface area contributed by atoms with Crippen molar-refractivity contribution in [1.29, 1.82) is 0 Å². The predicted octanol–water partition coefficient (Wildman–Crippen LogP) is 4.41. The molecule has 128 valence electrons. The van der Waals surface area contributed by atoms with Gasteiger partial charge in [-0.05, 0) is 24.3 Å². The van der Waals surface area contributed by atoms with Crippen LogP contribution in [0.4, 0.5) is 5.13 Å². The number of nitrogens with one attached hydrogen (secondary N) is 2. The number of hydrogen-bond donors (Lipinski definition) is 2. The van der Waals surface area contributed by atoms with E-state index in [1.165, 1.54) is 18.3 Å². The summed E-state index contributed by atoms with van der Waals surface area (Å²) in [5, 5.41) is 8.33. The monoisotopic (exact) mass is 391 g/mol. The lowest BCUT2D eigenvalue weighted by Crippen LogP contribution is -2.17. The number of amides is 2. The highest BCUT2D eigenvalue weighted by atomic mass is 35.5. The molecule has 0 spiro atoms. The van der Waals surface area contributed by atoms with Crippen LogP contribution in [0.2, 0.25) is 5.02 Å². The van der Waals surface area contributed by atoms with E-state index in [2.05, 4.69) is 15.6 Å². The van der Waals surface area contributed by atoms with Gasteiger partial charge in [-0.15, -0.1) is 22.7 Å². The highest BCUT2D eigenvalue weighted by molar-refractivity contribution is 7.17. The summed E-state index contributed by atoms with van der Waals surface area (Å²) in [5.41, 5.74) is 1.20. The third-order valence-electron chi connectivity index (χ3n) is 3.27. The van der Waals surface area contributed by atoms with E-state index in [1.54, 1.807) is 35.6 Å². The van der Waals surface area contributed by atoms with Crippen LogP contribution in [-0.4, -0.2) is 16.8 Å². The van der Waals surface area contributed by atoms with Crippen molar-refractivity contribution < 1.29 is 9.59 Å². The molecule has 2 aromatic heterocycles. The van der Waals surface area contributed by atoms with E-state index in [0.29, 0.717) is 22.3 Å². The van der Waals surface area contributed by atoms with E-state index in [-0.39, 0.29) is 11.8 Å². The zero-order valence-corrected chi connectivity index (χ0v) is 15.6. The minimum absolute atomic E-state index is 0.0619. The summed E-state index contributed by atoms with van der Waals surface area (Å²) < 4.78 is 0. The van der Waals surface area contributed by atoms with Crippen LogP contribution in [0.3, 0.4) is 0 Å². The van der Waals surface area contributed by atoms with E-state index in [9.17, 15) is 9.59 Å². The van der Waals surface area contributed by atoms with Crippen LogP contribution in [0.5, 0.6) is 0 Å². The van der Waals surface area contributed by atoms with Gasteiger partial charge in [0.2, 0.25) is 5.91 Å². The number of nitrogens with zero attached hydrogens (tertiary/aromatic N) is 1. The first-order chi connectivity index (χ1) is 12.0. The zero-order chi connectivity index (χ0) is 17.8. The Morgan fingerprint density at radius 2 is 2.00 bits per heavy atom. The van der Waals surface area contributed by atoms with Gasteiger partial charge < -0.3 is 5.32 Å². The minimum Gasteiger partial charge on any atom is -0.351 e. The largest absolute Gasteiger partial charge is 0.351 e. The van der Waals surface area contributed by atoms with Gasteiger partial charge in [0.15, 0.2) is 5.13 Å². The van der Waals surface area contributed by atoms with Gasteiger partial charge in [-0.2, -0.15) is 0 Å². The Labute approximate surface area is 157 Å². The minimum atomic E-state index is -0.288. The number of halogens is 1. The number of aromatic nitrogens is 1. The maximum absolute atomic E-state index is 12.3. The van der Waals surface area contributed by atoms with Crippen molar-refractivity contribution in [2.75, 3.05) is 5.32 Å². The maximum Gasteiger partial charge on any atom is 0.258 e. The molecule has 0 aliphatic rings. The molecule has 3 rings (SSSR count). The van der Waals surface area contributed by atoms with Crippen LogP contribution >= 0.6 is 34.3 Å². The summed E-state index contributed by atoms with van der Waals surface area (Å²) in [4.78, 5) is 29.7. The number of carbonyl (C=O) groups excluding carboxylic acids is 2. The van der Waals surface area contributed by atoms with Gasteiger partial charge in [-0.1, -0.05) is 23.7 Å². The fourth-order valence-electron chi connectivity index (χ4n) is 2.08. The summed E-state index contributed by atoms with van der Waals surface area (Å²) in [5.74, 6) is -0.350. The molecule has 0 saturated carbocycles. The van der Waals surface area contributed by atoms with Crippen LogP contribution in [0.1, 0.15) is 22.2 Å². The lowest BCUT2D eigenvalue weighted by molar-refractivity contribution is -0.119. The van der Waals surface area contributed by atoms with Gasteiger partial charge in [0.05, 0.1) is 27.7 Å². The molecule has 0 radical (unpaired) electrons. The number of hydrogen-bond acceptors (Lipinski definition) is 5. The predicted molar refractivity (Wildman–Crippen MR) is 102 cm³/mol.